The molecule has 0 aliphatic carbocycles. The van der Waals surface area contributed by atoms with E-state index in [0.29, 0.717) is 18.4 Å². The van der Waals surface area contributed by atoms with E-state index in [1.165, 1.54) is 4.70 Å². The number of para-hydroxylation sites is 1. The van der Waals surface area contributed by atoms with Crippen LogP contribution in [0.2, 0.25) is 0 Å². The number of aromatic nitrogens is 1. The van der Waals surface area contributed by atoms with Gasteiger partial charge in [-0.25, -0.2) is 4.98 Å². The van der Waals surface area contributed by atoms with Crippen molar-refractivity contribution in [1.29, 1.82) is 0 Å². The lowest BCUT2D eigenvalue weighted by molar-refractivity contribution is -0.121. The van der Waals surface area contributed by atoms with Crippen molar-refractivity contribution in [2.24, 2.45) is 0 Å². The molecule has 2 aromatic carbocycles. The predicted octanol–water partition coefficient (Wildman–Crippen LogP) is 3.63. The molecule has 0 aliphatic rings. The maximum Gasteiger partial charge on any atom is 0.269 e. The minimum Gasteiger partial charge on any atom is -0.273 e. The van der Waals surface area contributed by atoms with Crippen LogP contribution in [0.5, 0.6) is 0 Å². The van der Waals surface area contributed by atoms with Crippen molar-refractivity contribution in [3.63, 3.8) is 0 Å². The van der Waals surface area contributed by atoms with Crippen molar-refractivity contribution in [2.75, 3.05) is 5.75 Å². The Kier molecular flexibility index (Phi) is 6.03. The molecule has 25 heavy (non-hydrogen) atoms. The highest BCUT2D eigenvalue weighted by molar-refractivity contribution is 8.01. The number of hydrogen-bond donors (Lipinski definition) is 2. The number of nitrogens with zero attached hydrogens (tertiary/aromatic N) is 1. The predicted molar refractivity (Wildman–Crippen MR) is 102 cm³/mol. The number of rotatable bonds is 6. The summed E-state index contributed by atoms with van der Waals surface area (Å²) in [6.07, 6.45) is 1.07. The Morgan fingerprint density at radius 3 is 2.56 bits per heavy atom. The molecule has 2 N–H and O–H groups in total. The second-order valence-corrected chi connectivity index (χ2v) is 7.64. The van der Waals surface area contributed by atoms with E-state index in [4.69, 9.17) is 0 Å². The fraction of sp³-hybridized carbons (Fsp3) is 0.167. The molecule has 128 valence electrons. The summed E-state index contributed by atoms with van der Waals surface area (Å²) in [6.45, 7) is 0. The molecular weight excluding hydrogens is 354 g/mol. The second kappa shape index (κ2) is 8.64. The molecule has 2 amide bonds. The molecule has 3 aromatic rings. The van der Waals surface area contributed by atoms with Crippen molar-refractivity contribution >= 4 is 45.1 Å². The molecule has 1 heterocycles. The van der Waals surface area contributed by atoms with Crippen LogP contribution in [0.1, 0.15) is 23.2 Å². The topological polar surface area (TPSA) is 71.1 Å². The normalized spacial score (nSPS) is 10.6. The number of nitrogens with one attached hydrogen (secondary N) is 2. The van der Waals surface area contributed by atoms with Crippen molar-refractivity contribution in [3.8, 4) is 0 Å². The quantitative estimate of drug-likeness (QED) is 0.394. The van der Waals surface area contributed by atoms with Gasteiger partial charge in [0, 0.05) is 17.7 Å². The highest BCUT2D eigenvalue weighted by Gasteiger charge is 2.07. The van der Waals surface area contributed by atoms with E-state index in [1.807, 2.05) is 24.3 Å². The van der Waals surface area contributed by atoms with E-state index in [0.717, 1.165) is 15.6 Å². The van der Waals surface area contributed by atoms with Gasteiger partial charge < -0.3 is 0 Å². The fourth-order valence-electron chi connectivity index (χ4n) is 2.16. The minimum absolute atomic E-state index is 0.200. The number of carbonyl (C=O) groups excluding carboxylic acids is 2. The molecule has 0 atom stereocenters. The summed E-state index contributed by atoms with van der Waals surface area (Å²) in [4.78, 5) is 28.1. The Balaban J connectivity index is 1.36. The monoisotopic (exact) mass is 371 g/mol. The van der Waals surface area contributed by atoms with Gasteiger partial charge >= 0.3 is 0 Å². The van der Waals surface area contributed by atoms with Gasteiger partial charge in [0.05, 0.1) is 10.2 Å². The largest absolute Gasteiger partial charge is 0.273 e. The molecule has 0 bridgehead atoms. The lowest BCUT2D eigenvalue weighted by Gasteiger charge is -2.07. The Morgan fingerprint density at radius 1 is 1.00 bits per heavy atom. The third kappa shape index (κ3) is 5.04. The molecule has 0 radical (unpaired) electrons. The molecule has 0 saturated carbocycles. The number of carbonyl (C=O) groups is 2. The average molecular weight is 371 g/mol. The van der Waals surface area contributed by atoms with E-state index >= 15 is 0 Å². The first kappa shape index (κ1) is 17.4. The maximum atomic E-state index is 11.8. The van der Waals surface area contributed by atoms with E-state index in [9.17, 15) is 9.59 Å². The van der Waals surface area contributed by atoms with Crippen molar-refractivity contribution in [2.45, 2.75) is 17.2 Å². The van der Waals surface area contributed by atoms with E-state index in [1.54, 1.807) is 47.4 Å². The molecule has 0 fully saturated rings. The SMILES string of the molecule is O=C(CCCSc1nc2ccccc2s1)NNC(=O)c1ccccc1. The summed E-state index contributed by atoms with van der Waals surface area (Å²) < 4.78 is 2.19. The van der Waals surface area contributed by atoms with E-state index in [2.05, 4.69) is 21.9 Å². The van der Waals surface area contributed by atoms with Crippen LogP contribution in [0.4, 0.5) is 0 Å². The van der Waals surface area contributed by atoms with E-state index in [-0.39, 0.29) is 11.8 Å². The Bertz CT molecular complexity index is 832. The first-order valence-electron chi connectivity index (χ1n) is 7.85. The van der Waals surface area contributed by atoms with Crippen LogP contribution in [0.15, 0.2) is 58.9 Å². The number of hydrazine groups is 1. The van der Waals surface area contributed by atoms with Gasteiger partial charge in [-0.2, -0.15) is 0 Å². The lowest BCUT2D eigenvalue weighted by atomic mass is 10.2. The van der Waals surface area contributed by atoms with Gasteiger partial charge in [0.25, 0.3) is 5.91 Å². The molecule has 0 unspecified atom stereocenters. The zero-order valence-electron chi connectivity index (χ0n) is 13.4. The highest BCUT2D eigenvalue weighted by Crippen LogP contribution is 2.29. The molecule has 0 saturated heterocycles. The van der Waals surface area contributed by atoms with Gasteiger partial charge in [-0.05, 0) is 30.7 Å². The molecule has 0 spiro atoms. The number of benzene rings is 2. The first-order chi connectivity index (χ1) is 12.2. The zero-order valence-corrected chi connectivity index (χ0v) is 15.0. The summed E-state index contributed by atoms with van der Waals surface area (Å²) >= 11 is 3.31. The third-order valence-electron chi connectivity index (χ3n) is 3.40. The standard InChI is InChI=1S/C18H17N3O2S2/c22-16(20-21-17(23)13-7-2-1-3-8-13)11-6-12-24-18-19-14-9-4-5-10-15(14)25-18/h1-5,7-10H,6,11-12H2,(H,20,22)(H,21,23). The zero-order chi connectivity index (χ0) is 17.5. The molecule has 1 aromatic heterocycles. The van der Waals surface area contributed by atoms with Crippen molar-refractivity contribution in [3.05, 3.63) is 60.2 Å². The van der Waals surface area contributed by atoms with Crippen LogP contribution in [0.3, 0.4) is 0 Å². The fourth-order valence-corrected chi connectivity index (χ4v) is 4.23. The van der Waals surface area contributed by atoms with Gasteiger partial charge in [0.1, 0.15) is 0 Å². The van der Waals surface area contributed by atoms with Gasteiger partial charge in [0.2, 0.25) is 5.91 Å². The summed E-state index contributed by atoms with van der Waals surface area (Å²) in [5.41, 5.74) is 6.38. The third-order valence-corrected chi connectivity index (χ3v) is 5.67. The Hall–Kier alpha value is -2.38. The van der Waals surface area contributed by atoms with Gasteiger partial charge in [-0.1, -0.05) is 42.1 Å². The van der Waals surface area contributed by atoms with Crippen molar-refractivity contribution in [1.82, 2.24) is 15.8 Å². The molecule has 0 aliphatic heterocycles. The smallest absolute Gasteiger partial charge is 0.269 e. The summed E-state index contributed by atoms with van der Waals surface area (Å²) in [6, 6.07) is 16.8. The number of thiazole rings is 1. The van der Waals surface area contributed by atoms with Gasteiger partial charge in [0.15, 0.2) is 4.34 Å². The molecule has 7 heteroatoms. The second-order valence-electron chi connectivity index (χ2n) is 5.27. The van der Waals surface area contributed by atoms with Crippen LogP contribution in [0, 0.1) is 0 Å². The number of amides is 2. The molecular formula is C18H17N3O2S2. The van der Waals surface area contributed by atoms with Gasteiger partial charge in [-0.15, -0.1) is 11.3 Å². The number of fused-ring (bicyclic) bond motifs is 1. The molecule has 5 nitrogen and oxygen atoms in total. The highest BCUT2D eigenvalue weighted by atomic mass is 32.2. The van der Waals surface area contributed by atoms with Crippen LogP contribution in [-0.4, -0.2) is 22.6 Å². The minimum atomic E-state index is -0.321. The Labute approximate surface area is 153 Å². The number of hydrogen-bond acceptors (Lipinski definition) is 5. The average Bonchev–Trinajstić information content (AvgIpc) is 3.07. The van der Waals surface area contributed by atoms with Crippen LogP contribution < -0.4 is 10.9 Å². The van der Waals surface area contributed by atoms with Gasteiger partial charge in [-0.3, -0.25) is 20.4 Å². The number of thioether (sulfide) groups is 1. The van der Waals surface area contributed by atoms with Crippen LogP contribution in [0.25, 0.3) is 10.2 Å². The van der Waals surface area contributed by atoms with Crippen LogP contribution >= 0.6 is 23.1 Å². The Morgan fingerprint density at radius 2 is 1.76 bits per heavy atom. The van der Waals surface area contributed by atoms with Crippen molar-refractivity contribution < 1.29 is 9.59 Å². The maximum absolute atomic E-state index is 11.8. The summed E-state index contributed by atoms with van der Waals surface area (Å²) in [5, 5.41) is 0. The summed E-state index contributed by atoms with van der Waals surface area (Å²) in [7, 11) is 0. The molecule has 3 rings (SSSR count). The lowest BCUT2D eigenvalue weighted by Crippen LogP contribution is -2.41. The van der Waals surface area contributed by atoms with E-state index < -0.39 is 0 Å². The first-order valence-corrected chi connectivity index (χ1v) is 9.65. The van der Waals surface area contributed by atoms with Crippen LogP contribution in [-0.2, 0) is 4.79 Å². The summed E-state index contributed by atoms with van der Waals surface area (Å²) in [5.74, 6) is 0.284.